The number of hydrogen-bond acceptors (Lipinski definition) is 1. The molecule has 5 heteroatoms. The van der Waals surface area contributed by atoms with E-state index < -0.39 is 28.9 Å². The van der Waals surface area contributed by atoms with Gasteiger partial charge in [-0.1, -0.05) is 26.3 Å². The van der Waals surface area contributed by atoms with E-state index in [0.29, 0.717) is 18.4 Å². The Labute approximate surface area is 109 Å². The zero-order chi connectivity index (χ0) is 14.6. The van der Waals surface area contributed by atoms with Crippen LogP contribution in [0.5, 0.6) is 0 Å². The highest BCUT2D eigenvalue weighted by Gasteiger charge is 2.35. The van der Waals surface area contributed by atoms with Crippen LogP contribution in [0.1, 0.15) is 49.0 Å². The number of alkyl halides is 3. The second kappa shape index (κ2) is 6.17. The molecule has 0 atom stereocenters. The van der Waals surface area contributed by atoms with Gasteiger partial charge in [-0.2, -0.15) is 13.2 Å². The van der Waals surface area contributed by atoms with Gasteiger partial charge in [0.1, 0.15) is 5.82 Å². The van der Waals surface area contributed by atoms with Crippen LogP contribution < -0.4 is 0 Å². The molecule has 19 heavy (non-hydrogen) atoms. The predicted octanol–water partition coefficient (Wildman–Crippen LogP) is 4.85. The largest absolute Gasteiger partial charge is 0.419 e. The van der Waals surface area contributed by atoms with Gasteiger partial charge in [0.15, 0.2) is 5.78 Å². The van der Waals surface area contributed by atoms with Crippen LogP contribution in [0.3, 0.4) is 0 Å². The summed E-state index contributed by atoms with van der Waals surface area (Å²) in [5.74, 6) is -1.65. The van der Waals surface area contributed by atoms with Crippen LogP contribution >= 0.6 is 0 Å². The maximum absolute atomic E-state index is 13.7. The fourth-order valence-corrected chi connectivity index (χ4v) is 1.77. The van der Waals surface area contributed by atoms with E-state index >= 15 is 0 Å². The highest BCUT2D eigenvalue weighted by atomic mass is 19.4. The minimum Gasteiger partial charge on any atom is -0.294 e. The van der Waals surface area contributed by atoms with Gasteiger partial charge in [0.25, 0.3) is 0 Å². The van der Waals surface area contributed by atoms with Crippen LogP contribution in [0.4, 0.5) is 17.6 Å². The first kappa shape index (κ1) is 15.7. The summed E-state index contributed by atoms with van der Waals surface area (Å²) in [5, 5.41) is 0. The molecule has 1 rings (SSSR count). The first-order valence-electron chi connectivity index (χ1n) is 6.12. The van der Waals surface area contributed by atoms with Crippen molar-refractivity contribution in [2.45, 2.75) is 39.3 Å². The Hall–Kier alpha value is -1.39. The number of ketones is 1. The lowest BCUT2D eigenvalue weighted by Gasteiger charge is -2.10. The molecule has 0 fully saturated rings. The van der Waals surface area contributed by atoms with Gasteiger partial charge in [0, 0.05) is 6.42 Å². The predicted molar refractivity (Wildman–Crippen MR) is 64.4 cm³/mol. The van der Waals surface area contributed by atoms with Crippen molar-refractivity contribution in [3.05, 3.63) is 35.1 Å². The smallest absolute Gasteiger partial charge is 0.294 e. The first-order valence-corrected chi connectivity index (χ1v) is 6.12. The van der Waals surface area contributed by atoms with Crippen LogP contribution in [0.2, 0.25) is 0 Å². The second-order valence-electron chi connectivity index (χ2n) is 4.87. The molecule has 1 nitrogen and oxygen atoms in total. The minimum atomic E-state index is -4.78. The lowest BCUT2D eigenvalue weighted by atomic mass is 9.99. The van der Waals surface area contributed by atoms with Crippen molar-refractivity contribution >= 4 is 5.78 Å². The van der Waals surface area contributed by atoms with Crippen molar-refractivity contribution in [3.8, 4) is 0 Å². The summed E-state index contributed by atoms with van der Waals surface area (Å²) in [5.41, 5.74) is -1.86. The summed E-state index contributed by atoms with van der Waals surface area (Å²) in [6.07, 6.45) is -3.38. The zero-order valence-corrected chi connectivity index (χ0v) is 10.9. The van der Waals surface area contributed by atoms with Crippen molar-refractivity contribution in [1.29, 1.82) is 0 Å². The third kappa shape index (κ3) is 4.33. The van der Waals surface area contributed by atoms with Crippen LogP contribution in [-0.2, 0) is 6.18 Å². The average Bonchev–Trinajstić information content (AvgIpc) is 2.26. The van der Waals surface area contributed by atoms with E-state index in [-0.39, 0.29) is 6.42 Å². The monoisotopic (exact) mass is 276 g/mol. The maximum atomic E-state index is 13.7. The summed E-state index contributed by atoms with van der Waals surface area (Å²) in [4.78, 5) is 11.7. The Balaban J connectivity index is 2.87. The molecule has 0 amide bonds. The van der Waals surface area contributed by atoms with Crippen molar-refractivity contribution in [2.75, 3.05) is 0 Å². The molecule has 0 spiro atoms. The van der Waals surface area contributed by atoms with Crippen LogP contribution in [-0.4, -0.2) is 5.78 Å². The summed E-state index contributed by atoms with van der Waals surface area (Å²) >= 11 is 0. The van der Waals surface area contributed by atoms with Gasteiger partial charge in [-0.15, -0.1) is 0 Å². The number of halogens is 4. The summed E-state index contributed by atoms with van der Waals surface area (Å²) in [7, 11) is 0. The Morgan fingerprint density at radius 3 is 2.42 bits per heavy atom. The maximum Gasteiger partial charge on any atom is 0.419 e. The number of carbonyl (C=O) groups excluding carboxylic acids is 1. The van der Waals surface area contributed by atoms with Crippen LogP contribution in [0.25, 0.3) is 0 Å². The molecule has 106 valence electrons. The third-order valence-electron chi connectivity index (χ3n) is 2.79. The molecule has 0 aliphatic rings. The minimum absolute atomic E-state index is 0.0659. The quantitative estimate of drug-likeness (QED) is 0.554. The third-order valence-corrected chi connectivity index (χ3v) is 2.79. The molecule has 1 aromatic rings. The molecule has 0 aliphatic carbocycles. The van der Waals surface area contributed by atoms with E-state index in [2.05, 4.69) is 0 Å². The molecular formula is C14H16F4O. The molecular weight excluding hydrogens is 260 g/mol. The number of carbonyl (C=O) groups is 1. The van der Waals surface area contributed by atoms with Crippen LogP contribution in [0.15, 0.2) is 18.2 Å². The lowest BCUT2D eigenvalue weighted by Crippen LogP contribution is -2.12. The van der Waals surface area contributed by atoms with Gasteiger partial charge in [-0.3, -0.25) is 4.79 Å². The summed E-state index contributed by atoms with van der Waals surface area (Å²) in [6.45, 7) is 3.96. The van der Waals surface area contributed by atoms with Gasteiger partial charge in [0.05, 0.1) is 11.1 Å². The molecule has 0 saturated carbocycles. The van der Waals surface area contributed by atoms with E-state index in [1.807, 2.05) is 13.8 Å². The zero-order valence-electron chi connectivity index (χ0n) is 10.9. The molecule has 0 bridgehead atoms. The van der Waals surface area contributed by atoms with Gasteiger partial charge in [-0.05, 0) is 24.5 Å². The lowest BCUT2D eigenvalue weighted by molar-refractivity contribution is -0.140. The first-order chi connectivity index (χ1) is 8.73. The Kier molecular flexibility index (Phi) is 5.09. The van der Waals surface area contributed by atoms with E-state index in [9.17, 15) is 22.4 Å². The van der Waals surface area contributed by atoms with Crippen molar-refractivity contribution < 1.29 is 22.4 Å². The number of rotatable bonds is 5. The van der Waals surface area contributed by atoms with E-state index in [4.69, 9.17) is 0 Å². The Bertz CT molecular complexity index is 449. The van der Waals surface area contributed by atoms with Crippen molar-refractivity contribution in [1.82, 2.24) is 0 Å². The molecule has 0 N–H and O–H groups in total. The van der Waals surface area contributed by atoms with Gasteiger partial charge in [0.2, 0.25) is 0 Å². The second-order valence-corrected chi connectivity index (χ2v) is 4.87. The van der Waals surface area contributed by atoms with Crippen LogP contribution in [0, 0.1) is 11.7 Å². The fraction of sp³-hybridized carbons (Fsp3) is 0.500. The van der Waals surface area contributed by atoms with E-state index in [1.165, 1.54) is 0 Å². The molecule has 0 unspecified atom stereocenters. The van der Waals surface area contributed by atoms with Crippen molar-refractivity contribution in [2.24, 2.45) is 5.92 Å². The van der Waals surface area contributed by atoms with E-state index in [1.54, 1.807) is 0 Å². The van der Waals surface area contributed by atoms with Crippen molar-refractivity contribution in [3.63, 3.8) is 0 Å². The number of hydrogen-bond donors (Lipinski definition) is 0. The molecule has 0 radical (unpaired) electrons. The molecule has 0 aliphatic heterocycles. The van der Waals surface area contributed by atoms with E-state index in [0.717, 1.165) is 18.6 Å². The summed E-state index contributed by atoms with van der Waals surface area (Å²) < 4.78 is 51.2. The fourth-order valence-electron chi connectivity index (χ4n) is 1.77. The topological polar surface area (TPSA) is 17.1 Å². The van der Waals surface area contributed by atoms with Gasteiger partial charge in [-0.25, -0.2) is 4.39 Å². The Morgan fingerprint density at radius 2 is 1.89 bits per heavy atom. The normalized spacial score (nSPS) is 11.9. The molecule has 0 saturated heterocycles. The average molecular weight is 276 g/mol. The molecule has 1 aromatic carbocycles. The highest BCUT2D eigenvalue weighted by Crippen LogP contribution is 2.32. The number of Topliss-reactive ketones (excluding diaryl/α,β-unsaturated/α-hetero) is 1. The van der Waals surface area contributed by atoms with Gasteiger partial charge < -0.3 is 0 Å². The molecule has 0 heterocycles. The summed E-state index contributed by atoms with van der Waals surface area (Å²) in [6, 6.07) is 2.80. The van der Waals surface area contributed by atoms with Gasteiger partial charge >= 0.3 is 6.18 Å². The number of benzene rings is 1. The Morgan fingerprint density at radius 1 is 1.26 bits per heavy atom. The standard InChI is InChI=1S/C14H16F4O/c1-9(2)5-3-8-12(19)10-6-4-7-11(13(10)15)14(16,17)18/h4,6-7,9H,3,5,8H2,1-2H3. The molecule has 0 aromatic heterocycles. The highest BCUT2D eigenvalue weighted by molar-refractivity contribution is 5.96. The SMILES string of the molecule is CC(C)CCCC(=O)c1cccc(C(F)(F)F)c1F.